The van der Waals surface area contributed by atoms with Gasteiger partial charge in [0, 0.05) is 43.6 Å². The van der Waals surface area contributed by atoms with Gasteiger partial charge in [0.05, 0.1) is 11.8 Å². The summed E-state index contributed by atoms with van der Waals surface area (Å²) >= 11 is 0. The second-order valence-electron chi connectivity index (χ2n) is 8.01. The number of anilines is 4. The van der Waals surface area contributed by atoms with Gasteiger partial charge in [0.15, 0.2) is 0 Å². The van der Waals surface area contributed by atoms with Crippen molar-refractivity contribution in [3.05, 3.63) is 36.2 Å². The molecule has 1 aromatic carbocycles. The summed E-state index contributed by atoms with van der Waals surface area (Å²) in [7, 11) is 1.47. The summed E-state index contributed by atoms with van der Waals surface area (Å²) < 4.78 is 0. The van der Waals surface area contributed by atoms with Gasteiger partial charge >= 0.3 is 6.03 Å². The van der Waals surface area contributed by atoms with Crippen LogP contribution in [0.3, 0.4) is 0 Å². The number of carbonyl (C=O) groups is 1. The van der Waals surface area contributed by atoms with Crippen molar-refractivity contribution in [2.45, 2.75) is 31.7 Å². The number of oxime groups is 1. The molecule has 0 saturated carbocycles. The predicted octanol–water partition coefficient (Wildman–Crippen LogP) is 2.43. The Balaban J connectivity index is 1.28. The van der Waals surface area contributed by atoms with Crippen molar-refractivity contribution in [1.29, 1.82) is 0 Å². The number of hydrogen-bond acceptors (Lipinski definition) is 8. The number of nitrogen functional groups attached to an aromatic ring is 1. The number of nitrogens with zero attached hydrogens (tertiary/aromatic N) is 5. The van der Waals surface area contributed by atoms with Gasteiger partial charge in [-0.25, -0.2) is 14.8 Å². The first kappa shape index (κ1) is 21.7. The number of carbonyl (C=O) groups excluding carboxylic acids is 1. The summed E-state index contributed by atoms with van der Waals surface area (Å²) in [5, 5.41) is 9.82. The molecule has 2 aliphatic heterocycles. The second kappa shape index (κ2) is 10.2. The van der Waals surface area contributed by atoms with Gasteiger partial charge in [-0.15, -0.1) is 0 Å². The largest absolute Gasteiger partial charge is 0.399 e. The maximum atomic E-state index is 12.5. The van der Waals surface area contributed by atoms with Crippen molar-refractivity contribution in [2.75, 3.05) is 54.1 Å². The lowest BCUT2D eigenvalue weighted by Crippen LogP contribution is -2.46. The summed E-state index contributed by atoms with van der Waals surface area (Å²) in [5.41, 5.74) is 8.62. The molecular formula is C22H30N8O2. The molecule has 2 fully saturated rings. The lowest BCUT2D eigenvalue weighted by Gasteiger charge is -2.33. The Bertz CT molecular complexity index is 935. The van der Waals surface area contributed by atoms with Gasteiger partial charge in [-0.1, -0.05) is 5.16 Å². The first-order valence-electron chi connectivity index (χ1n) is 11.0. The third kappa shape index (κ3) is 5.19. The molecule has 0 radical (unpaired) electrons. The second-order valence-corrected chi connectivity index (χ2v) is 8.01. The van der Waals surface area contributed by atoms with E-state index >= 15 is 0 Å². The number of hydrogen-bond donors (Lipinski definition) is 3. The van der Waals surface area contributed by atoms with Crippen LogP contribution < -0.4 is 26.2 Å². The third-order valence-electron chi connectivity index (χ3n) is 5.91. The molecule has 0 bridgehead atoms. The van der Waals surface area contributed by atoms with Crippen molar-refractivity contribution in [3.8, 4) is 0 Å². The molecule has 4 N–H and O–H groups in total. The minimum Gasteiger partial charge on any atom is -0.399 e. The van der Waals surface area contributed by atoms with Crippen LogP contribution in [0.5, 0.6) is 0 Å². The van der Waals surface area contributed by atoms with Crippen molar-refractivity contribution < 1.29 is 9.63 Å². The Labute approximate surface area is 187 Å². The molecule has 2 amide bonds. The van der Waals surface area contributed by atoms with Crippen molar-refractivity contribution in [2.24, 2.45) is 5.16 Å². The van der Waals surface area contributed by atoms with Crippen LogP contribution in [-0.4, -0.2) is 61.5 Å². The molecular weight excluding hydrogens is 408 g/mol. The minimum absolute atomic E-state index is 0.0883. The fraction of sp³-hybridized carbons (Fsp3) is 0.455. The Hall–Kier alpha value is -3.56. The molecule has 2 aromatic rings. The molecule has 10 heteroatoms. The van der Waals surface area contributed by atoms with Crippen molar-refractivity contribution >= 4 is 35.3 Å². The number of amides is 2. The quantitative estimate of drug-likeness (QED) is 0.468. The monoisotopic (exact) mass is 438 g/mol. The van der Waals surface area contributed by atoms with Crippen molar-refractivity contribution in [1.82, 2.24) is 15.3 Å². The summed E-state index contributed by atoms with van der Waals surface area (Å²) in [5.74, 6) is 1.07. The zero-order valence-corrected chi connectivity index (χ0v) is 18.3. The first-order valence-corrected chi connectivity index (χ1v) is 11.0. The van der Waals surface area contributed by atoms with E-state index in [1.165, 1.54) is 38.2 Å². The van der Waals surface area contributed by atoms with E-state index in [0.717, 1.165) is 50.5 Å². The zero-order valence-electron chi connectivity index (χ0n) is 18.3. The van der Waals surface area contributed by atoms with Crippen LogP contribution in [0, 0.1) is 0 Å². The molecule has 170 valence electrons. The Morgan fingerprint density at radius 3 is 2.53 bits per heavy atom. The van der Waals surface area contributed by atoms with Crippen LogP contribution in [-0.2, 0) is 4.84 Å². The minimum atomic E-state index is -0.184. The lowest BCUT2D eigenvalue weighted by molar-refractivity contribution is 0.215. The molecule has 10 nitrogen and oxygen atoms in total. The fourth-order valence-electron chi connectivity index (χ4n) is 4.20. The van der Waals surface area contributed by atoms with E-state index in [2.05, 4.69) is 47.7 Å². The molecule has 3 heterocycles. The van der Waals surface area contributed by atoms with Gasteiger partial charge in [-0.05, 0) is 49.9 Å². The van der Waals surface area contributed by atoms with Gasteiger partial charge < -0.3 is 31.0 Å². The van der Waals surface area contributed by atoms with E-state index in [1.54, 1.807) is 0 Å². The molecule has 2 saturated heterocycles. The standard InChI is InChI=1S/C22H30N8O2/c1-32-26-14-19-20(23)24-15-25-21(19)30-12-8-17(9-13-30)28-22(31)27-16-4-6-18(7-5-16)29-10-2-3-11-29/h4-7,14-15,17H,2-3,8-13H2,1H3,(H2,23,24,25)(H2,27,28,31)/b26-14+. The highest BCUT2D eigenvalue weighted by Crippen LogP contribution is 2.24. The van der Waals surface area contributed by atoms with Gasteiger partial charge in [-0.2, -0.15) is 0 Å². The summed E-state index contributed by atoms with van der Waals surface area (Å²) in [6.07, 6.45) is 7.05. The molecule has 4 rings (SSSR count). The number of benzene rings is 1. The van der Waals surface area contributed by atoms with Gasteiger partial charge in [0.25, 0.3) is 0 Å². The van der Waals surface area contributed by atoms with E-state index < -0.39 is 0 Å². The number of urea groups is 1. The number of aromatic nitrogens is 2. The van der Waals surface area contributed by atoms with Crippen molar-refractivity contribution in [3.63, 3.8) is 0 Å². The van der Waals surface area contributed by atoms with E-state index in [9.17, 15) is 4.79 Å². The molecule has 0 atom stereocenters. The highest BCUT2D eigenvalue weighted by Gasteiger charge is 2.24. The van der Waals surface area contributed by atoms with E-state index in [4.69, 9.17) is 10.6 Å². The number of nitrogens with two attached hydrogens (primary N) is 1. The van der Waals surface area contributed by atoms with Crippen LogP contribution in [0.25, 0.3) is 0 Å². The topological polar surface area (TPSA) is 121 Å². The van der Waals surface area contributed by atoms with Crippen LogP contribution in [0.4, 0.5) is 27.8 Å². The predicted molar refractivity (Wildman–Crippen MR) is 126 cm³/mol. The fourth-order valence-corrected chi connectivity index (χ4v) is 4.20. The first-order chi connectivity index (χ1) is 15.6. The smallest absolute Gasteiger partial charge is 0.319 e. The average molecular weight is 439 g/mol. The molecule has 0 unspecified atom stereocenters. The van der Waals surface area contributed by atoms with Gasteiger partial charge in [-0.3, -0.25) is 0 Å². The van der Waals surface area contributed by atoms with Gasteiger partial charge in [0.1, 0.15) is 25.1 Å². The SMILES string of the molecule is CO/N=C/c1c(N)ncnc1N1CCC(NC(=O)Nc2ccc(N3CCCC3)cc2)CC1. The number of piperidine rings is 1. The lowest BCUT2D eigenvalue weighted by atomic mass is 10.0. The van der Waals surface area contributed by atoms with Crippen LogP contribution in [0.15, 0.2) is 35.7 Å². The van der Waals surface area contributed by atoms with E-state index in [0.29, 0.717) is 11.4 Å². The summed E-state index contributed by atoms with van der Waals surface area (Å²) in [6.45, 7) is 3.68. The highest BCUT2D eigenvalue weighted by atomic mass is 16.6. The van der Waals surface area contributed by atoms with Crippen LogP contribution in [0.1, 0.15) is 31.2 Å². The van der Waals surface area contributed by atoms with Crippen LogP contribution >= 0.6 is 0 Å². The average Bonchev–Trinajstić information content (AvgIpc) is 3.34. The third-order valence-corrected chi connectivity index (χ3v) is 5.91. The summed E-state index contributed by atoms with van der Waals surface area (Å²) in [4.78, 5) is 30.2. The zero-order chi connectivity index (χ0) is 22.3. The van der Waals surface area contributed by atoms with E-state index in [1.807, 2.05) is 12.1 Å². The maximum absolute atomic E-state index is 12.5. The molecule has 32 heavy (non-hydrogen) atoms. The molecule has 1 aromatic heterocycles. The molecule has 0 spiro atoms. The Kier molecular flexibility index (Phi) is 6.88. The Morgan fingerprint density at radius 1 is 1.12 bits per heavy atom. The van der Waals surface area contributed by atoms with Gasteiger partial charge in [0.2, 0.25) is 0 Å². The highest BCUT2D eigenvalue weighted by molar-refractivity contribution is 5.92. The summed E-state index contributed by atoms with van der Waals surface area (Å²) in [6, 6.07) is 7.95. The van der Waals surface area contributed by atoms with E-state index in [-0.39, 0.29) is 12.1 Å². The molecule has 2 aliphatic rings. The normalized spacial score (nSPS) is 17.0. The number of rotatable bonds is 6. The van der Waals surface area contributed by atoms with Crippen LogP contribution in [0.2, 0.25) is 0 Å². The maximum Gasteiger partial charge on any atom is 0.319 e. The molecule has 0 aliphatic carbocycles. The Morgan fingerprint density at radius 2 is 1.84 bits per heavy atom. The number of nitrogens with one attached hydrogen (secondary N) is 2.